The standard InChI is InChI=1S/C14H18BrNO4/c1-3-7-14(2,13(18)19)16-12(17)9-20-11-6-4-5-10(15)8-11/h4-6,8H,3,7,9H2,1-2H3,(H,16,17)(H,18,19). The van der Waals surface area contributed by atoms with Gasteiger partial charge in [-0.2, -0.15) is 0 Å². The van der Waals surface area contributed by atoms with Crippen LogP contribution in [0.5, 0.6) is 5.75 Å². The first-order valence-corrected chi connectivity index (χ1v) is 7.09. The number of benzene rings is 1. The van der Waals surface area contributed by atoms with Gasteiger partial charge in [-0.05, 0) is 31.5 Å². The average Bonchev–Trinajstić information content (AvgIpc) is 2.36. The van der Waals surface area contributed by atoms with Crippen LogP contribution in [0.4, 0.5) is 0 Å². The second-order valence-corrected chi connectivity index (χ2v) is 5.60. The molecule has 1 atom stereocenters. The third-order valence-corrected chi connectivity index (χ3v) is 3.30. The number of nitrogens with one attached hydrogen (secondary N) is 1. The van der Waals surface area contributed by atoms with E-state index in [1.165, 1.54) is 6.92 Å². The van der Waals surface area contributed by atoms with E-state index in [0.29, 0.717) is 18.6 Å². The normalized spacial score (nSPS) is 13.3. The fourth-order valence-corrected chi connectivity index (χ4v) is 2.15. The highest BCUT2D eigenvalue weighted by molar-refractivity contribution is 9.10. The second-order valence-electron chi connectivity index (χ2n) is 4.68. The molecule has 1 amide bonds. The summed E-state index contributed by atoms with van der Waals surface area (Å²) in [6.45, 7) is 3.14. The summed E-state index contributed by atoms with van der Waals surface area (Å²) in [5, 5.41) is 11.7. The Hall–Kier alpha value is -1.56. The highest BCUT2D eigenvalue weighted by atomic mass is 79.9. The van der Waals surface area contributed by atoms with Gasteiger partial charge in [0.15, 0.2) is 6.61 Å². The Kier molecular flexibility index (Phi) is 6.01. The van der Waals surface area contributed by atoms with Crippen LogP contribution in [0.2, 0.25) is 0 Å². The summed E-state index contributed by atoms with van der Waals surface area (Å²) in [5.74, 6) is -0.958. The van der Waals surface area contributed by atoms with E-state index in [4.69, 9.17) is 4.74 Å². The molecule has 0 aliphatic rings. The topological polar surface area (TPSA) is 75.6 Å². The quantitative estimate of drug-likeness (QED) is 0.797. The Morgan fingerprint density at radius 3 is 2.70 bits per heavy atom. The number of hydrogen-bond acceptors (Lipinski definition) is 3. The predicted molar refractivity (Wildman–Crippen MR) is 78.7 cm³/mol. The van der Waals surface area contributed by atoms with Gasteiger partial charge in [-0.15, -0.1) is 0 Å². The SMILES string of the molecule is CCCC(C)(NC(=O)COc1cccc(Br)c1)C(=O)O. The van der Waals surface area contributed by atoms with Crippen LogP contribution in [-0.2, 0) is 9.59 Å². The maximum Gasteiger partial charge on any atom is 0.329 e. The zero-order valence-electron chi connectivity index (χ0n) is 11.5. The van der Waals surface area contributed by atoms with Crippen LogP contribution in [0.3, 0.4) is 0 Å². The Morgan fingerprint density at radius 1 is 1.45 bits per heavy atom. The molecule has 5 nitrogen and oxygen atoms in total. The van der Waals surface area contributed by atoms with Crippen molar-refractivity contribution in [3.63, 3.8) is 0 Å². The van der Waals surface area contributed by atoms with Crippen molar-refractivity contribution in [2.45, 2.75) is 32.2 Å². The van der Waals surface area contributed by atoms with E-state index in [1.807, 2.05) is 13.0 Å². The third-order valence-electron chi connectivity index (χ3n) is 2.80. The van der Waals surface area contributed by atoms with E-state index in [1.54, 1.807) is 18.2 Å². The van der Waals surface area contributed by atoms with Gasteiger partial charge in [0.1, 0.15) is 11.3 Å². The molecule has 2 N–H and O–H groups in total. The lowest BCUT2D eigenvalue weighted by Gasteiger charge is -2.25. The first-order chi connectivity index (χ1) is 9.37. The minimum Gasteiger partial charge on any atom is -0.484 e. The van der Waals surface area contributed by atoms with Crippen LogP contribution >= 0.6 is 15.9 Å². The summed E-state index contributed by atoms with van der Waals surface area (Å²) >= 11 is 3.30. The lowest BCUT2D eigenvalue weighted by molar-refractivity contribution is -0.147. The van der Waals surface area contributed by atoms with Gasteiger partial charge in [-0.25, -0.2) is 4.79 Å². The molecule has 0 saturated carbocycles. The molecule has 0 bridgehead atoms. The van der Waals surface area contributed by atoms with Gasteiger partial charge in [0.05, 0.1) is 0 Å². The molecule has 0 aliphatic heterocycles. The lowest BCUT2D eigenvalue weighted by Crippen LogP contribution is -2.53. The Balaban J connectivity index is 2.56. The molecule has 1 rings (SSSR count). The minimum absolute atomic E-state index is 0.219. The first-order valence-electron chi connectivity index (χ1n) is 6.30. The van der Waals surface area contributed by atoms with Gasteiger partial charge in [0, 0.05) is 4.47 Å². The highest BCUT2D eigenvalue weighted by Crippen LogP contribution is 2.18. The Labute approximate surface area is 126 Å². The van der Waals surface area contributed by atoms with Crippen LogP contribution in [0.15, 0.2) is 28.7 Å². The number of carboxylic acid groups (broad SMARTS) is 1. The van der Waals surface area contributed by atoms with Crippen molar-refractivity contribution in [3.8, 4) is 5.75 Å². The van der Waals surface area contributed by atoms with Crippen molar-refractivity contribution >= 4 is 27.8 Å². The van der Waals surface area contributed by atoms with Gasteiger partial charge >= 0.3 is 5.97 Å². The molecule has 0 saturated heterocycles. The Morgan fingerprint density at radius 2 is 2.15 bits per heavy atom. The second kappa shape index (κ2) is 7.28. The molecule has 1 aromatic rings. The molecule has 20 heavy (non-hydrogen) atoms. The number of carboxylic acids is 1. The smallest absolute Gasteiger partial charge is 0.329 e. The van der Waals surface area contributed by atoms with Crippen LogP contribution in [0, 0.1) is 0 Å². The van der Waals surface area contributed by atoms with Gasteiger partial charge < -0.3 is 15.2 Å². The van der Waals surface area contributed by atoms with Crippen molar-refractivity contribution in [1.29, 1.82) is 0 Å². The summed E-state index contributed by atoms with van der Waals surface area (Å²) in [6, 6.07) is 7.08. The number of carbonyl (C=O) groups is 2. The van der Waals surface area contributed by atoms with E-state index < -0.39 is 17.4 Å². The van der Waals surface area contributed by atoms with Gasteiger partial charge in [0.2, 0.25) is 0 Å². The number of ether oxygens (including phenoxy) is 1. The predicted octanol–water partition coefficient (Wildman–Crippen LogP) is 2.59. The third kappa shape index (κ3) is 4.85. The zero-order valence-corrected chi connectivity index (χ0v) is 13.1. The molecule has 0 fully saturated rings. The molecular weight excluding hydrogens is 326 g/mol. The number of amides is 1. The number of aliphatic carboxylic acids is 1. The van der Waals surface area contributed by atoms with E-state index in [9.17, 15) is 14.7 Å². The van der Waals surface area contributed by atoms with Crippen LogP contribution in [0.1, 0.15) is 26.7 Å². The molecule has 110 valence electrons. The fourth-order valence-electron chi connectivity index (χ4n) is 1.77. The van der Waals surface area contributed by atoms with E-state index in [2.05, 4.69) is 21.2 Å². The lowest BCUT2D eigenvalue weighted by atomic mass is 9.96. The van der Waals surface area contributed by atoms with Crippen molar-refractivity contribution in [3.05, 3.63) is 28.7 Å². The van der Waals surface area contributed by atoms with Crippen molar-refractivity contribution < 1.29 is 19.4 Å². The molecule has 0 radical (unpaired) electrons. The monoisotopic (exact) mass is 343 g/mol. The number of halogens is 1. The van der Waals surface area contributed by atoms with Crippen molar-refractivity contribution in [1.82, 2.24) is 5.32 Å². The van der Waals surface area contributed by atoms with Crippen LogP contribution in [0.25, 0.3) is 0 Å². The average molecular weight is 344 g/mol. The summed E-state index contributed by atoms with van der Waals surface area (Å²) in [7, 11) is 0. The number of rotatable bonds is 7. The molecule has 6 heteroatoms. The number of carbonyl (C=O) groups excluding carboxylic acids is 1. The molecule has 0 heterocycles. The van der Waals surface area contributed by atoms with E-state index in [0.717, 1.165) is 4.47 Å². The molecule has 0 aliphatic carbocycles. The zero-order chi connectivity index (χ0) is 15.2. The minimum atomic E-state index is -1.26. The fraction of sp³-hybridized carbons (Fsp3) is 0.429. The summed E-state index contributed by atoms with van der Waals surface area (Å²) < 4.78 is 6.16. The van der Waals surface area contributed by atoms with Crippen molar-refractivity contribution in [2.75, 3.05) is 6.61 Å². The van der Waals surface area contributed by atoms with Gasteiger partial charge in [0.25, 0.3) is 5.91 Å². The van der Waals surface area contributed by atoms with Crippen LogP contribution in [-0.4, -0.2) is 29.1 Å². The van der Waals surface area contributed by atoms with Gasteiger partial charge in [-0.3, -0.25) is 4.79 Å². The van der Waals surface area contributed by atoms with Crippen LogP contribution < -0.4 is 10.1 Å². The van der Waals surface area contributed by atoms with E-state index in [-0.39, 0.29) is 6.61 Å². The van der Waals surface area contributed by atoms with E-state index >= 15 is 0 Å². The maximum absolute atomic E-state index is 11.8. The summed E-state index contributed by atoms with van der Waals surface area (Å²) in [4.78, 5) is 23.0. The molecule has 1 aromatic carbocycles. The van der Waals surface area contributed by atoms with Crippen molar-refractivity contribution in [2.24, 2.45) is 0 Å². The maximum atomic E-state index is 11.8. The first kappa shape index (κ1) is 16.5. The molecule has 0 aromatic heterocycles. The molecular formula is C14H18BrNO4. The summed E-state index contributed by atoms with van der Waals surface area (Å²) in [5.41, 5.74) is -1.26. The largest absolute Gasteiger partial charge is 0.484 e. The molecule has 0 spiro atoms. The summed E-state index contributed by atoms with van der Waals surface area (Å²) in [6.07, 6.45) is 1.03. The van der Waals surface area contributed by atoms with Gasteiger partial charge in [-0.1, -0.05) is 35.3 Å². The highest BCUT2D eigenvalue weighted by Gasteiger charge is 2.33. The number of hydrogen-bond donors (Lipinski definition) is 2. The molecule has 1 unspecified atom stereocenters. The Bertz CT molecular complexity index is 492.